The molecule has 2 N–H and O–H groups in total. The van der Waals surface area contributed by atoms with Crippen molar-refractivity contribution in [3.8, 4) is 0 Å². The summed E-state index contributed by atoms with van der Waals surface area (Å²) in [6, 6.07) is 16.6. The minimum Gasteiger partial charge on any atom is -0.603 e. The Kier molecular flexibility index (Phi) is 10.5. The van der Waals surface area contributed by atoms with E-state index in [0.29, 0.717) is 25.9 Å². The number of rotatable bonds is 11. The molecule has 4 heterocycles. The molecular weight excluding hydrogens is 653 g/mol. The molecule has 0 aliphatic carbocycles. The number of carbonyl (C=O) groups is 3. The molecule has 0 aromatic heterocycles. The smallest absolute Gasteiger partial charge is 0.262 e. The Morgan fingerprint density at radius 1 is 0.911 bits per heavy atom. The van der Waals surface area contributed by atoms with Crippen LogP contribution in [-0.2, 0) is 50.3 Å². The maximum absolute atomic E-state index is 13.4. The molecule has 2 aromatic rings. The number of likely N-dealkylation sites (N-methyl/N-ethyl adjacent to an activating group) is 4. The van der Waals surface area contributed by atoms with Gasteiger partial charge in [0.05, 0.1) is 29.1 Å². The minimum absolute atomic E-state index is 0.124. The highest BCUT2D eigenvalue weighted by Gasteiger charge is 2.70. The predicted molar refractivity (Wildman–Crippen MR) is 182 cm³/mol. The number of carbonyl (C=O) groups excluding carboxylic acids is 3. The van der Waals surface area contributed by atoms with Gasteiger partial charge in [-0.3, -0.25) is 24.2 Å². The molecule has 0 spiro atoms. The molecule has 4 saturated heterocycles. The largest absolute Gasteiger partial charge is 0.603 e. The summed E-state index contributed by atoms with van der Waals surface area (Å²) >= 11 is 0. The lowest BCUT2D eigenvalue weighted by atomic mass is 9.96. The molecule has 2 aromatic carbocycles. The van der Waals surface area contributed by atoms with Crippen molar-refractivity contribution in [1.29, 1.82) is 0 Å². The predicted octanol–water partition coefficient (Wildman–Crippen LogP) is 1.76. The molecule has 4 atom stereocenters. The number of aliphatic hydroxyl groups is 2. The summed E-state index contributed by atoms with van der Waals surface area (Å²) in [6.45, 7) is 0.0582. The van der Waals surface area contributed by atoms with E-state index in [1.165, 1.54) is 42.5 Å². The zero-order chi connectivity index (χ0) is 32.6. The number of nitrogens with zero attached hydrogens (tertiary/aromatic N) is 4. The zero-order valence-electron chi connectivity index (χ0n) is 25.9. The lowest BCUT2D eigenvalue weighted by molar-refractivity contribution is -0.150. The van der Waals surface area contributed by atoms with Gasteiger partial charge in [0.1, 0.15) is 17.4 Å². The van der Waals surface area contributed by atoms with Crippen LogP contribution in [0.15, 0.2) is 48.5 Å². The molecule has 0 saturated carbocycles. The van der Waals surface area contributed by atoms with Crippen molar-refractivity contribution in [3.05, 3.63) is 70.8 Å². The molecule has 6 rings (SSSR count). The maximum atomic E-state index is 13.4. The lowest BCUT2D eigenvalue weighted by Crippen LogP contribution is -2.79. The Labute approximate surface area is 279 Å². The van der Waals surface area contributed by atoms with Gasteiger partial charge >= 0.3 is 0 Å². The van der Waals surface area contributed by atoms with Crippen molar-refractivity contribution in [2.24, 2.45) is 0 Å². The van der Waals surface area contributed by atoms with Gasteiger partial charge in [0.2, 0.25) is 20.5 Å². The highest BCUT2D eigenvalue weighted by Crippen LogP contribution is 2.53. The fourth-order valence-electron chi connectivity index (χ4n) is 6.00. The summed E-state index contributed by atoms with van der Waals surface area (Å²) in [4.78, 5) is 41.9. The molecule has 45 heavy (non-hydrogen) atoms. The van der Waals surface area contributed by atoms with E-state index in [0.717, 1.165) is 34.8 Å². The number of aryl methyl sites for hydroxylation is 2. The molecule has 4 aliphatic heterocycles. The summed E-state index contributed by atoms with van der Waals surface area (Å²) in [5.74, 6) is -0.283. The molecule has 4 unspecified atom stereocenters. The van der Waals surface area contributed by atoms with Gasteiger partial charge in [0, 0.05) is 34.1 Å². The first-order valence-electron chi connectivity index (χ1n) is 14.7. The van der Waals surface area contributed by atoms with Gasteiger partial charge in [-0.05, 0) is 48.6 Å². The SMILES string of the molecule is CN(CCc1ccc(CCc2ccc(CC34S[S+]([O-])C(CO)(CN3C)N(C)C4=O)cc2)cc1)C(=O)C1(CO)SSCC(=O)N1C. The van der Waals surface area contributed by atoms with E-state index in [9.17, 15) is 29.1 Å². The van der Waals surface area contributed by atoms with Crippen LogP contribution in [0.4, 0.5) is 0 Å². The van der Waals surface area contributed by atoms with Crippen LogP contribution in [0, 0.1) is 0 Å². The summed E-state index contributed by atoms with van der Waals surface area (Å²) in [5, 5.41) is 20.0. The number of hydrogen-bond donors (Lipinski definition) is 2. The number of fused-ring (bicyclic) bond motifs is 3. The van der Waals surface area contributed by atoms with E-state index >= 15 is 0 Å². The number of hydrogen-bond acceptors (Lipinski definition) is 10. The number of piperazine rings is 1. The fraction of sp³-hybridized carbons (Fsp3) is 0.516. The average molecular weight is 693 g/mol. The van der Waals surface area contributed by atoms with Gasteiger partial charge in [0.15, 0.2) is 0 Å². The molecule has 3 amide bonds. The van der Waals surface area contributed by atoms with E-state index < -0.39 is 31.4 Å². The minimum atomic E-state index is -1.42. The summed E-state index contributed by atoms with van der Waals surface area (Å²) in [5.41, 5.74) is 4.47. The third kappa shape index (κ3) is 6.24. The second-order valence-electron chi connectivity index (χ2n) is 12.0. The molecule has 4 aliphatic rings. The van der Waals surface area contributed by atoms with Crippen molar-refractivity contribution < 1.29 is 29.1 Å². The normalized spacial score (nSPS) is 28.6. The van der Waals surface area contributed by atoms with Gasteiger partial charge < -0.3 is 24.6 Å². The van der Waals surface area contributed by atoms with Gasteiger partial charge in [-0.2, -0.15) is 0 Å². The monoisotopic (exact) mass is 692 g/mol. The molecular formula is C31H40N4O6S4. The first-order valence-corrected chi connectivity index (χ1v) is 19.5. The Balaban J connectivity index is 1.13. The van der Waals surface area contributed by atoms with E-state index in [4.69, 9.17) is 0 Å². The molecule has 4 fully saturated rings. The van der Waals surface area contributed by atoms with Crippen LogP contribution in [0.3, 0.4) is 0 Å². The maximum Gasteiger partial charge on any atom is 0.262 e. The summed E-state index contributed by atoms with van der Waals surface area (Å²) < 4.78 is 13.1. The average Bonchev–Trinajstić information content (AvgIpc) is 3.05. The van der Waals surface area contributed by atoms with Gasteiger partial charge in [-0.25, -0.2) is 0 Å². The Bertz CT molecular complexity index is 1420. The molecule has 0 radical (unpaired) electrons. The van der Waals surface area contributed by atoms with E-state index in [1.807, 2.05) is 24.1 Å². The standard InChI is InChI=1S/C31H40N4O6S4/c1-32(27(39)31(21-37)34(3)26(38)18-42-43-31)16-15-24-9-7-22(8-10-24)5-6-23-11-13-25(14-12-23)17-30-28(40)35(4)29(20-36,19-33(30)2)45(41)44-30/h7-14,36-37H,5-6,15-21H2,1-4H3. The summed E-state index contributed by atoms with van der Waals surface area (Å²) in [6.07, 6.45) is 2.80. The van der Waals surface area contributed by atoms with E-state index in [-0.39, 0.29) is 30.1 Å². The molecule has 2 bridgehead atoms. The Hall–Kier alpha value is -1.91. The first-order chi connectivity index (χ1) is 21.4. The second-order valence-corrected chi connectivity index (χ2v) is 18.0. The van der Waals surface area contributed by atoms with Crippen molar-refractivity contribution in [3.63, 3.8) is 0 Å². The van der Waals surface area contributed by atoms with Crippen molar-refractivity contribution in [2.75, 3.05) is 60.2 Å². The first kappa shape index (κ1) is 34.4. The number of aliphatic hydroxyl groups excluding tert-OH is 2. The van der Waals surface area contributed by atoms with Crippen LogP contribution in [0.1, 0.15) is 22.3 Å². The molecule has 10 nitrogen and oxygen atoms in total. The van der Waals surface area contributed by atoms with Crippen LogP contribution in [0.2, 0.25) is 0 Å². The van der Waals surface area contributed by atoms with E-state index in [2.05, 4.69) is 36.4 Å². The quantitative estimate of drug-likeness (QED) is 0.266. The van der Waals surface area contributed by atoms with Crippen LogP contribution >= 0.6 is 32.4 Å². The van der Waals surface area contributed by atoms with Crippen LogP contribution in [0.5, 0.6) is 0 Å². The lowest BCUT2D eigenvalue weighted by Gasteiger charge is -2.58. The summed E-state index contributed by atoms with van der Waals surface area (Å²) in [7, 11) is 9.04. The fourth-order valence-corrected chi connectivity index (χ4v) is 13.2. The highest BCUT2D eigenvalue weighted by atomic mass is 33.1. The van der Waals surface area contributed by atoms with Crippen molar-refractivity contribution in [2.45, 2.75) is 40.3 Å². The number of benzene rings is 2. The van der Waals surface area contributed by atoms with Gasteiger partial charge in [-0.15, -0.1) is 0 Å². The van der Waals surface area contributed by atoms with Crippen LogP contribution in [-0.4, -0.2) is 127 Å². The molecule has 244 valence electrons. The third-order valence-electron chi connectivity index (χ3n) is 9.24. The van der Waals surface area contributed by atoms with Crippen molar-refractivity contribution in [1.82, 2.24) is 19.6 Å². The highest BCUT2D eigenvalue weighted by molar-refractivity contribution is 8.77. The Morgan fingerprint density at radius 2 is 1.47 bits per heavy atom. The Morgan fingerprint density at radius 3 is 2.02 bits per heavy atom. The third-order valence-corrected chi connectivity index (χ3v) is 16.5. The van der Waals surface area contributed by atoms with Crippen LogP contribution < -0.4 is 0 Å². The van der Waals surface area contributed by atoms with Crippen LogP contribution in [0.25, 0.3) is 0 Å². The van der Waals surface area contributed by atoms with E-state index in [1.54, 1.807) is 26.0 Å². The van der Waals surface area contributed by atoms with Gasteiger partial charge in [0.25, 0.3) is 11.8 Å². The van der Waals surface area contributed by atoms with Crippen molar-refractivity contribution >= 4 is 60.3 Å². The molecule has 14 heteroatoms. The number of amides is 3. The zero-order valence-corrected chi connectivity index (χ0v) is 29.2. The van der Waals surface area contributed by atoms with Gasteiger partial charge in [-0.1, -0.05) is 70.1 Å². The second kappa shape index (κ2) is 13.7. The topological polar surface area (TPSA) is 128 Å².